The molecule has 29 heavy (non-hydrogen) atoms. The van der Waals surface area contributed by atoms with E-state index in [-0.39, 0.29) is 11.7 Å². The van der Waals surface area contributed by atoms with Gasteiger partial charge in [0.1, 0.15) is 5.82 Å². The minimum absolute atomic E-state index is 0.254. The summed E-state index contributed by atoms with van der Waals surface area (Å²) in [4.78, 5) is 12.2. The van der Waals surface area contributed by atoms with Gasteiger partial charge in [-0.25, -0.2) is 9.82 Å². The van der Waals surface area contributed by atoms with Crippen molar-refractivity contribution in [2.45, 2.75) is 6.54 Å². The van der Waals surface area contributed by atoms with Gasteiger partial charge in [0.2, 0.25) is 0 Å². The second-order valence-electron chi connectivity index (χ2n) is 6.56. The molecule has 0 fully saturated rings. The molecule has 0 saturated carbocycles. The molecule has 1 aromatic heterocycles. The van der Waals surface area contributed by atoms with Crippen LogP contribution in [0.25, 0.3) is 10.9 Å². The Hall–Kier alpha value is -3.44. The lowest BCUT2D eigenvalue weighted by atomic mass is 10.2. The lowest BCUT2D eigenvalue weighted by molar-refractivity contribution is 0.0955. The van der Waals surface area contributed by atoms with E-state index in [4.69, 9.17) is 11.6 Å². The molecule has 0 bridgehead atoms. The molecule has 3 aromatic carbocycles. The average Bonchev–Trinajstić information content (AvgIpc) is 3.08. The highest BCUT2D eigenvalue weighted by Gasteiger charge is 2.08. The third kappa shape index (κ3) is 4.36. The number of halogens is 2. The summed E-state index contributed by atoms with van der Waals surface area (Å²) in [5.41, 5.74) is 5.91. The number of hydrogen-bond acceptors (Lipinski definition) is 2. The van der Waals surface area contributed by atoms with E-state index in [1.54, 1.807) is 42.6 Å². The van der Waals surface area contributed by atoms with Crippen LogP contribution < -0.4 is 5.43 Å². The predicted molar refractivity (Wildman–Crippen MR) is 114 cm³/mol. The first kappa shape index (κ1) is 18.9. The Morgan fingerprint density at radius 1 is 1.03 bits per heavy atom. The number of rotatable bonds is 5. The van der Waals surface area contributed by atoms with Gasteiger partial charge in [-0.1, -0.05) is 41.9 Å². The Morgan fingerprint density at radius 2 is 1.76 bits per heavy atom. The maximum absolute atomic E-state index is 13.2. The van der Waals surface area contributed by atoms with E-state index in [2.05, 4.69) is 15.1 Å². The van der Waals surface area contributed by atoms with Crippen molar-refractivity contribution in [3.63, 3.8) is 0 Å². The summed E-state index contributed by atoms with van der Waals surface area (Å²) in [5, 5.41) is 5.68. The van der Waals surface area contributed by atoms with Gasteiger partial charge in [0.15, 0.2) is 0 Å². The van der Waals surface area contributed by atoms with Crippen molar-refractivity contribution in [3.8, 4) is 0 Å². The van der Waals surface area contributed by atoms with E-state index in [0.29, 0.717) is 17.1 Å². The van der Waals surface area contributed by atoms with Crippen LogP contribution in [0.4, 0.5) is 4.39 Å². The molecule has 4 aromatic rings. The van der Waals surface area contributed by atoms with E-state index in [9.17, 15) is 9.18 Å². The highest BCUT2D eigenvalue weighted by molar-refractivity contribution is 6.30. The summed E-state index contributed by atoms with van der Waals surface area (Å²) >= 11 is 5.84. The van der Waals surface area contributed by atoms with Crippen LogP contribution in [0.1, 0.15) is 21.5 Å². The quantitative estimate of drug-likeness (QED) is 0.358. The molecule has 0 aliphatic carbocycles. The van der Waals surface area contributed by atoms with Gasteiger partial charge in [0, 0.05) is 39.8 Å². The zero-order valence-corrected chi connectivity index (χ0v) is 16.1. The molecule has 4 nitrogen and oxygen atoms in total. The molecule has 1 N–H and O–H groups in total. The van der Waals surface area contributed by atoms with E-state index < -0.39 is 0 Å². The summed E-state index contributed by atoms with van der Waals surface area (Å²) in [6.45, 7) is 0.603. The number of amides is 1. The van der Waals surface area contributed by atoms with Crippen LogP contribution in [-0.4, -0.2) is 16.7 Å². The molecule has 0 saturated heterocycles. The topological polar surface area (TPSA) is 46.4 Å². The van der Waals surface area contributed by atoms with Crippen LogP contribution >= 0.6 is 11.6 Å². The minimum atomic E-state index is -0.312. The molecule has 0 aliphatic heterocycles. The second-order valence-corrected chi connectivity index (χ2v) is 7.00. The van der Waals surface area contributed by atoms with Crippen LogP contribution in [0.2, 0.25) is 5.02 Å². The van der Waals surface area contributed by atoms with Gasteiger partial charge in [0.05, 0.1) is 6.21 Å². The third-order valence-corrected chi connectivity index (χ3v) is 4.81. The van der Waals surface area contributed by atoms with Crippen LogP contribution in [-0.2, 0) is 6.54 Å². The van der Waals surface area contributed by atoms with Crippen molar-refractivity contribution in [3.05, 3.63) is 107 Å². The number of para-hydroxylation sites is 1. The molecule has 0 unspecified atom stereocenters. The second kappa shape index (κ2) is 8.29. The predicted octanol–water partition coefficient (Wildman–Crippen LogP) is 5.25. The molecule has 6 heteroatoms. The van der Waals surface area contributed by atoms with Crippen molar-refractivity contribution in [2.75, 3.05) is 0 Å². The van der Waals surface area contributed by atoms with Gasteiger partial charge in [0.25, 0.3) is 5.91 Å². The van der Waals surface area contributed by atoms with Crippen LogP contribution in [0, 0.1) is 5.82 Å². The normalized spacial score (nSPS) is 11.2. The largest absolute Gasteiger partial charge is 0.342 e. The van der Waals surface area contributed by atoms with Gasteiger partial charge in [-0.2, -0.15) is 5.10 Å². The van der Waals surface area contributed by atoms with Gasteiger partial charge < -0.3 is 4.57 Å². The number of fused-ring (bicyclic) bond motifs is 1. The van der Waals surface area contributed by atoms with Crippen LogP contribution in [0.15, 0.2) is 84.1 Å². The molecular formula is C23H17ClFN3O. The number of nitrogens with one attached hydrogen (secondary N) is 1. The molecule has 0 radical (unpaired) electrons. The number of aromatic nitrogens is 1. The van der Waals surface area contributed by atoms with Crippen molar-refractivity contribution in [2.24, 2.45) is 5.10 Å². The zero-order valence-electron chi connectivity index (χ0n) is 15.3. The fourth-order valence-corrected chi connectivity index (χ4v) is 3.25. The highest BCUT2D eigenvalue weighted by atomic mass is 35.5. The van der Waals surface area contributed by atoms with Gasteiger partial charge in [-0.3, -0.25) is 4.79 Å². The summed E-state index contributed by atoms with van der Waals surface area (Å²) in [7, 11) is 0. The minimum Gasteiger partial charge on any atom is -0.342 e. The molecule has 1 heterocycles. The molecule has 0 aliphatic rings. The third-order valence-electron chi connectivity index (χ3n) is 4.56. The van der Waals surface area contributed by atoms with E-state index in [1.165, 1.54) is 12.1 Å². The Labute approximate surface area is 172 Å². The SMILES string of the molecule is O=C(N/N=C\c1cn(Cc2ccc(F)cc2)c2ccccc12)c1ccc(Cl)cc1. The summed E-state index contributed by atoms with van der Waals surface area (Å²) in [5.74, 6) is -0.566. The number of hydrazone groups is 1. The fourth-order valence-electron chi connectivity index (χ4n) is 3.12. The van der Waals surface area contributed by atoms with E-state index >= 15 is 0 Å². The average molecular weight is 406 g/mol. The number of nitrogens with zero attached hydrogens (tertiary/aromatic N) is 2. The lowest BCUT2D eigenvalue weighted by Gasteiger charge is -2.05. The highest BCUT2D eigenvalue weighted by Crippen LogP contribution is 2.21. The molecule has 144 valence electrons. The zero-order chi connectivity index (χ0) is 20.2. The van der Waals surface area contributed by atoms with Gasteiger partial charge in [-0.05, 0) is 48.0 Å². The Balaban J connectivity index is 1.55. The summed E-state index contributed by atoms with van der Waals surface area (Å²) < 4.78 is 15.2. The molecule has 0 spiro atoms. The monoisotopic (exact) mass is 405 g/mol. The first-order valence-corrected chi connectivity index (χ1v) is 9.39. The van der Waals surface area contributed by atoms with Crippen molar-refractivity contribution in [1.29, 1.82) is 0 Å². The number of carbonyl (C=O) groups excluding carboxylic acids is 1. The van der Waals surface area contributed by atoms with E-state index in [0.717, 1.165) is 22.0 Å². The smallest absolute Gasteiger partial charge is 0.271 e. The molecule has 0 atom stereocenters. The summed E-state index contributed by atoms with van der Waals surface area (Å²) in [6, 6.07) is 21.0. The van der Waals surface area contributed by atoms with Crippen molar-refractivity contribution < 1.29 is 9.18 Å². The van der Waals surface area contributed by atoms with Gasteiger partial charge in [-0.15, -0.1) is 0 Å². The Morgan fingerprint density at radius 3 is 2.52 bits per heavy atom. The first-order valence-electron chi connectivity index (χ1n) is 9.01. The van der Waals surface area contributed by atoms with Crippen LogP contribution in [0.3, 0.4) is 0 Å². The maximum atomic E-state index is 13.2. The number of carbonyl (C=O) groups is 1. The van der Waals surface area contributed by atoms with Crippen molar-refractivity contribution >= 4 is 34.6 Å². The number of benzene rings is 3. The maximum Gasteiger partial charge on any atom is 0.271 e. The Bertz CT molecular complexity index is 1180. The molecule has 1 amide bonds. The lowest BCUT2D eigenvalue weighted by Crippen LogP contribution is -2.17. The first-order chi connectivity index (χ1) is 14.1. The molecular weight excluding hydrogens is 389 g/mol. The van der Waals surface area contributed by atoms with Gasteiger partial charge >= 0.3 is 0 Å². The van der Waals surface area contributed by atoms with Crippen molar-refractivity contribution in [1.82, 2.24) is 9.99 Å². The van der Waals surface area contributed by atoms with Crippen LogP contribution in [0.5, 0.6) is 0 Å². The van der Waals surface area contributed by atoms with E-state index in [1.807, 2.05) is 30.5 Å². The number of hydrogen-bond donors (Lipinski definition) is 1. The fraction of sp³-hybridized carbons (Fsp3) is 0.0435. The summed E-state index contributed by atoms with van der Waals surface area (Å²) in [6.07, 6.45) is 3.59. The Kier molecular flexibility index (Phi) is 5.40. The standard InChI is InChI=1S/C23H17ClFN3O/c24-19-9-7-17(8-10-19)23(29)27-26-13-18-15-28(22-4-2-1-3-21(18)22)14-16-5-11-20(25)12-6-16/h1-13,15H,14H2,(H,27,29)/b26-13-. The molecule has 4 rings (SSSR count).